The lowest BCUT2D eigenvalue weighted by atomic mass is 10.1. The number of pyridine rings is 1. The zero-order valence-electron chi connectivity index (χ0n) is 12.5. The van der Waals surface area contributed by atoms with Gasteiger partial charge in [0.2, 0.25) is 0 Å². The average Bonchev–Trinajstić information content (AvgIpc) is 2.49. The standard InChI is InChI=1S/C15H26N4O/c1-3-16-13(2)14-4-5-17-15(12-14)19-8-6-18(7-9-19)10-11-20/h4-5,12-13,16,20H,3,6-11H2,1-2H3. The normalized spacial score (nSPS) is 18.2. The Kier molecular flexibility index (Phi) is 5.76. The first-order valence-corrected chi connectivity index (χ1v) is 7.52. The van der Waals surface area contributed by atoms with Gasteiger partial charge in [0.15, 0.2) is 0 Å². The zero-order chi connectivity index (χ0) is 14.4. The van der Waals surface area contributed by atoms with Gasteiger partial charge >= 0.3 is 0 Å². The Morgan fingerprint density at radius 2 is 2.10 bits per heavy atom. The molecule has 0 aromatic carbocycles. The zero-order valence-corrected chi connectivity index (χ0v) is 12.5. The molecule has 20 heavy (non-hydrogen) atoms. The SMILES string of the molecule is CCNC(C)c1ccnc(N2CCN(CCO)CC2)c1. The van der Waals surface area contributed by atoms with Crippen molar-refractivity contribution in [1.82, 2.24) is 15.2 Å². The summed E-state index contributed by atoms with van der Waals surface area (Å²) in [6, 6.07) is 4.63. The molecule has 0 aliphatic carbocycles. The summed E-state index contributed by atoms with van der Waals surface area (Å²) < 4.78 is 0. The van der Waals surface area contributed by atoms with E-state index in [9.17, 15) is 0 Å². The van der Waals surface area contributed by atoms with Crippen LogP contribution in [0.2, 0.25) is 0 Å². The van der Waals surface area contributed by atoms with Gasteiger partial charge in [0, 0.05) is 45.0 Å². The van der Waals surface area contributed by atoms with Crippen molar-refractivity contribution in [1.29, 1.82) is 0 Å². The highest BCUT2D eigenvalue weighted by molar-refractivity contribution is 5.42. The molecule has 0 spiro atoms. The van der Waals surface area contributed by atoms with E-state index in [1.54, 1.807) is 0 Å². The van der Waals surface area contributed by atoms with Gasteiger partial charge < -0.3 is 15.3 Å². The molecule has 0 bridgehead atoms. The molecule has 1 saturated heterocycles. The van der Waals surface area contributed by atoms with E-state index in [4.69, 9.17) is 5.11 Å². The van der Waals surface area contributed by atoms with Gasteiger partial charge in [-0.3, -0.25) is 4.90 Å². The van der Waals surface area contributed by atoms with Crippen molar-refractivity contribution in [3.8, 4) is 0 Å². The number of aromatic nitrogens is 1. The highest BCUT2D eigenvalue weighted by atomic mass is 16.3. The van der Waals surface area contributed by atoms with Gasteiger partial charge in [-0.1, -0.05) is 6.92 Å². The van der Waals surface area contributed by atoms with Gasteiger partial charge in [-0.15, -0.1) is 0 Å². The maximum absolute atomic E-state index is 8.97. The Bertz CT molecular complexity index is 405. The fourth-order valence-electron chi connectivity index (χ4n) is 2.64. The van der Waals surface area contributed by atoms with Gasteiger partial charge in [-0.25, -0.2) is 4.98 Å². The molecule has 5 heteroatoms. The Balaban J connectivity index is 1.98. The molecule has 5 nitrogen and oxygen atoms in total. The van der Waals surface area contributed by atoms with Crippen LogP contribution in [-0.2, 0) is 0 Å². The van der Waals surface area contributed by atoms with Crippen molar-refractivity contribution in [2.45, 2.75) is 19.9 Å². The second-order valence-electron chi connectivity index (χ2n) is 5.28. The third kappa shape index (κ3) is 3.91. The number of aliphatic hydroxyl groups excluding tert-OH is 1. The summed E-state index contributed by atoms with van der Waals surface area (Å²) in [7, 11) is 0. The molecule has 0 radical (unpaired) electrons. The number of rotatable bonds is 6. The molecule has 1 aromatic heterocycles. The summed E-state index contributed by atoms with van der Waals surface area (Å²) >= 11 is 0. The third-order valence-electron chi connectivity index (χ3n) is 3.89. The monoisotopic (exact) mass is 278 g/mol. The van der Waals surface area contributed by atoms with Crippen LogP contribution in [0.3, 0.4) is 0 Å². The van der Waals surface area contributed by atoms with E-state index in [1.165, 1.54) is 5.56 Å². The van der Waals surface area contributed by atoms with Gasteiger partial charge in [0.25, 0.3) is 0 Å². The molecule has 2 heterocycles. The van der Waals surface area contributed by atoms with Crippen LogP contribution in [0.4, 0.5) is 5.82 Å². The second kappa shape index (κ2) is 7.57. The maximum atomic E-state index is 8.97. The van der Waals surface area contributed by atoms with E-state index in [2.05, 4.69) is 46.1 Å². The molecular weight excluding hydrogens is 252 g/mol. The van der Waals surface area contributed by atoms with Gasteiger partial charge in [-0.2, -0.15) is 0 Å². The first-order valence-electron chi connectivity index (χ1n) is 7.52. The van der Waals surface area contributed by atoms with E-state index in [-0.39, 0.29) is 6.61 Å². The van der Waals surface area contributed by atoms with Gasteiger partial charge in [-0.05, 0) is 31.2 Å². The lowest BCUT2D eigenvalue weighted by Gasteiger charge is -2.35. The second-order valence-corrected chi connectivity index (χ2v) is 5.28. The number of piperazine rings is 1. The minimum absolute atomic E-state index is 0.244. The minimum Gasteiger partial charge on any atom is -0.395 e. The number of nitrogens with zero attached hydrogens (tertiary/aromatic N) is 3. The van der Waals surface area contributed by atoms with E-state index < -0.39 is 0 Å². The van der Waals surface area contributed by atoms with Crippen molar-refractivity contribution in [3.05, 3.63) is 23.9 Å². The quantitative estimate of drug-likeness (QED) is 0.808. The fraction of sp³-hybridized carbons (Fsp3) is 0.667. The van der Waals surface area contributed by atoms with E-state index >= 15 is 0 Å². The van der Waals surface area contributed by atoms with Crippen LogP contribution in [-0.4, -0.2) is 60.9 Å². The third-order valence-corrected chi connectivity index (χ3v) is 3.89. The van der Waals surface area contributed by atoms with Crippen LogP contribution < -0.4 is 10.2 Å². The van der Waals surface area contributed by atoms with E-state index in [1.807, 2.05) is 6.20 Å². The molecular formula is C15H26N4O. The van der Waals surface area contributed by atoms with Crippen LogP contribution >= 0.6 is 0 Å². The molecule has 1 atom stereocenters. The number of nitrogens with one attached hydrogen (secondary N) is 1. The predicted molar refractivity (Wildman–Crippen MR) is 82.1 cm³/mol. The molecule has 1 aromatic rings. The van der Waals surface area contributed by atoms with Crippen molar-refractivity contribution in [2.75, 3.05) is 50.8 Å². The molecule has 2 rings (SSSR count). The summed E-state index contributed by atoms with van der Waals surface area (Å²) in [4.78, 5) is 9.13. The Morgan fingerprint density at radius 3 is 2.75 bits per heavy atom. The Hall–Kier alpha value is -1.17. The molecule has 1 aliphatic rings. The molecule has 2 N–H and O–H groups in total. The van der Waals surface area contributed by atoms with Crippen LogP contribution in [0.15, 0.2) is 18.3 Å². The Morgan fingerprint density at radius 1 is 1.35 bits per heavy atom. The average molecular weight is 278 g/mol. The highest BCUT2D eigenvalue weighted by Crippen LogP contribution is 2.19. The molecule has 1 fully saturated rings. The maximum Gasteiger partial charge on any atom is 0.128 e. The lowest BCUT2D eigenvalue weighted by molar-refractivity contribution is 0.188. The number of β-amino-alcohol motifs (C(OH)–C–C–N with tert-alkyl or cyclic N) is 1. The number of hydrogen-bond acceptors (Lipinski definition) is 5. The summed E-state index contributed by atoms with van der Waals surface area (Å²) in [6.07, 6.45) is 1.90. The molecule has 0 saturated carbocycles. The Labute approximate surface area is 121 Å². The van der Waals surface area contributed by atoms with Crippen LogP contribution in [0.5, 0.6) is 0 Å². The first kappa shape index (κ1) is 15.2. The summed E-state index contributed by atoms with van der Waals surface area (Å²) in [5, 5.41) is 12.4. The molecule has 1 unspecified atom stereocenters. The number of anilines is 1. The first-order chi connectivity index (χ1) is 9.74. The minimum atomic E-state index is 0.244. The van der Waals surface area contributed by atoms with Crippen molar-refractivity contribution >= 4 is 5.82 Å². The largest absolute Gasteiger partial charge is 0.395 e. The van der Waals surface area contributed by atoms with Crippen LogP contribution in [0.1, 0.15) is 25.5 Å². The summed E-state index contributed by atoms with van der Waals surface area (Å²) in [5.41, 5.74) is 1.29. The van der Waals surface area contributed by atoms with E-state index in [0.29, 0.717) is 6.04 Å². The van der Waals surface area contributed by atoms with Gasteiger partial charge in [0.05, 0.1) is 6.61 Å². The molecule has 112 valence electrons. The number of hydrogen-bond donors (Lipinski definition) is 2. The van der Waals surface area contributed by atoms with Crippen molar-refractivity contribution < 1.29 is 5.11 Å². The summed E-state index contributed by atoms with van der Waals surface area (Å²) in [5.74, 6) is 1.07. The summed E-state index contributed by atoms with van der Waals surface area (Å²) in [6.45, 7) is 10.2. The topological polar surface area (TPSA) is 51.6 Å². The lowest BCUT2D eigenvalue weighted by Crippen LogP contribution is -2.47. The molecule has 1 aliphatic heterocycles. The number of aliphatic hydroxyl groups is 1. The van der Waals surface area contributed by atoms with Crippen molar-refractivity contribution in [3.63, 3.8) is 0 Å². The fourth-order valence-corrected chi connectivity index (χ4v) is 2.64. The molecule has 0 amide bonds. The van der Waals surface area contributed by atoms with Crippen molar-refractivity contribution in [2.24, 2.45) is 0 Å². The smallest absolute Gasteiger partial charge is 0.128 e. The van der Waals surface area contributed by atoms with Crippen LogP contribution in [0.25, 0.3) is 0 Å². The van der Waals surface area contributed by atoms with Gasteiger partial charge in [0.1, 0.15) is 5.82 Å². The van der Waals surface area contributed by atoms with Crippen LogP contribution in [0, 0.1) is 0 Å². The van der Waals surface area contributed by atoms with E-state index in [0.717, 1.165) is 45.1 Å². The highest BCUT2D eigenvalue weighted by Gasteiger charge is 2.18. The predicted octanol–water partition coefficient (Wildman–Crippen LogP) is 0.866.